The number of guanidine groups is 1. The first kappa shape index (κ1) is 20.1. The highest BCUT2D eigenvalue weighted by Crippen LogP contribution is 2.10. The molecule has 0 unspecified atom stereocenters. The van der Waals surface area contributed by atoms with Gasteiger partial charge < -0.3 is 10.2 Å². The second-order valence-electron chi connectivity index (χ2n) is 7.56. The van der Waals surface area contributed by atoms with E-state index >= 15 is 0 Å². The van der Waals surface area contributed by atoms with Crippen molar-refractivity contribution >= 4 is 5.96 Å². The van der Waals surface area contributed by atoms with Gasteiger partial charge in [0.2, 0.25) is 0 Å². The van der Waals surface area contributed by atoms with Gasteiger partial charge in [0, 0.05) is 46.3 Å². The van der Waals surface area contributed by atoms with Crippen molar-refractivity contribution in [1.29, 1.82) is 0 Å². The van der Waals surface area contributed by atoms with Crippen molar-refractivity contribution in [3.05, 3.63) is 83.9 Å². The molecule has 2 aromatic carbocycles. The van der Waals surface area contributed by atoms with Crippen LogP contribution >= 0.6 is 0 Å². The molecule has 156 valence electrons. The van der Waals surface area contributed by atoms with Crippen molar-refractivity contribution in [3.8, 4) is 0 Å². The molecule has 0 radical (unpaired) electrons. The van der Waals surface area contributed by atoms with Crippen molar-refractivity contribution in [2.45, 2.75) is 19.6 Å². The third-order valence-corrected chi connectivity index (χ3v) is 5.39. The minimum Gasteiger partial charge on any atom is -0.352 e. The fourth-order valence-corrected chi connectivity index (χ4v) is 3.81. The number of nitrogens with zero attached hydrogens (tertiary/aromatic N) is 6. The highest BCUT2D eigenvalue weighted by molar-refractivity contribution is 5.80. The number of hydrogen-bond acceptors (Lipinski definition) is 4. The smallest absolute Gasteiger partial charge is 0.194 e. The van der Waals surface area contributed by atoms with Crippen LogP contribution in [0.1, 0.15) is 16.7 Å². The van der Waals surface area contributed by atoms with Crippen molar-refractivity contribution in [2.75, 3.05) is 33.2 Å². The number of rotatable bonds is 6. The highest BCUT2D eigenvalue weighted by Gasteiger charge is 2.19. The molecule has 1 fully saturated rings. The Kier molecular flexibility index (Phi) is 6.72. The van der Waals surface area contributed by atoms with E-state index in [0.717, 1.165) is 51.8 Å². The summed E-state index contributed by atoms with van der Waals surface area (Å²) in [7, 11) is 1.86. The maximum absolute atomic E-state index is 4.51. The lowest BCUT2D eigenvalue weighted by Crippen LogP contribution is -2.52. The summed E-state index contributed by atoms with van der Waals surface area (Å²) in [6.07, 6.45) is 3.30. The van der Waals surface area contributed by atoms with E-state index in [1.165, 1.54) is 16.7 Å². The van der Waals surface area contributed by atoms with E-state index in [0.29, 0.717) is 0 Å². The molecule has 1 aliphatic rings. The maximum atomic E-state index is 4.51. The van der Waals surface area contributed by atoms with Crippen LogP contribution in [0, 0.1) is 0 Å². The molecule has 3 aromatic rings. The van der Waals surface area contributed by atoms with Gasteiger partial charge in [-0.15, -0.1) is 0 Å². The summed E-state index contributed by atoms with van der Waals surface area (Å²) < 4.78 is 1.83. The van der Waals surface area contributed by atoms with E-state index in [-0.39, 0.29) is 0 Å². The van der Waals surface area contributed by atoms with Crippen LogP contribution in [0.2, 0.25) is 0 Å². The van der Waals surface area contributed by atoms with Crippen LogP contribution in [0.3, 0.4) is 0 Å². The van der Waals surface area contributed by atoms with Gasteiger partial charge in [-0.3, -0.25) is 9.89 Å². The molecule has 1 saturated heterocycles. The molecular formula is C23H29N7. The van der Waals surface area contributed by atoms with Gasteiger partial charge in [0.05, 0.1) is 6.54 Å². The Bertz CT molecular complexity index is 929. The van der Waals surface area contributed by atoms with E-state index in [2.05, 4.69) is 84.8 Å². The zero-order valence-electron chi connectivity index (χ0n) is 17.5. The Balaban J connectivity index is 1.27. The lowest BCUT2D eigenvalue weighted by atomic mass is 10.1. The first-order valence-corrected chi connectivity index (χ1v) is 10.4. The molecule has 0 saturated carbocycles. The first-order valence-electron chi connectivity index (χ1n) is 10.4. The molecule has 30 heavy (non-hydrogen) atoms. The van der Waals surface area contributed by atoms with Gasteiger partial charge in [-0.2, -0.15) is 5.10 Å². The normalized spacial score (nSPS) is 15.4. The average molecular weight is 404 g/mol. The van der Waals surface area contributed by atoms with Crippen LogP contribution < -0.4 is 5.32 Å². The van der Waals surface area contributed by atoms with Crippen molar-refractivity contribution in [1.82, 2.24) is 29.9 Å². The highest BCUT2D eigenvalue weighted by atomic mass is 15.3. The number of nitrogens with one attached hydrogen (secondary N) is 1. The minimum absolute atomic E-state index is 0.728. The molecular weight excluding hydrogens is 374 g/mol. The molecule has 0 atom stereocenters. The summed E-state index contributed by atoms with van der Waals surface area (Å²) in [5.41, 5.74) is 3.82. The molecule has 7 heteroatoms. The average Bonchev–Trinajstić information content (AvgIpc) is 3.29. The van der Waals surface area contributed by atoms with Gasteiger partial charge in [0.1, 0.15) is 12.7 Å². The molecule has 0 bridgehead atoms. The predicted octanol–water partition coefficient (Wildman–Crippen LogP) is 2.22. The van der Waals surface area contributed by atoms with E-state index in [1.807, 2.05) is 11.7 Å². The number of piperazine rings is 1. The summed E-state index contributed by atoms with van der Waals surface area (Å²) in [6, 6.07) is 19.2. The third-order valence-electron chi connectivity index (χ3n) is 5.39. The van der Waals surface area contributed by atoms with Crippen molar-refractivity contribution < 1.29 is 0 Å². The van der Waals surface area contributed by atoms with Crippen LogP contribution in [0.25, 0.3) is 0 Å². The van der Waals surface area contributed by atoms with E-state index in [9.17, 15) is 0 Å². The quantitative estimate of drug-likeness (QED) is 0.505. The fourth-order valence-electron chi connectivity index (χ4n) is 3.81. The summed E-state index contributed by atoms with van der Waals surface area (Å²) in [5, 5.41) is 7.71. The van der Waals surface area contributed by atoms with Gasteiger partial charge in [-0.1, -0.05) is 54.6 Å². The Hall–Kier alpha value is -3.19. The van der Waals surface area contributed by atoms with Crippen LogP contribution in [0.15, 0.2) is 72.2 Å². The second kappa shape index (κ2) is 10.0. The van der Waals surface area contributed by atoms with Gasteiger partial charge in [-0.25, -0.2) is 9.67 Å². The number of benzene rings is 2. The van der Waals surface area contributed by atoms with Gasteiger partial charge in [0.15, 0.2) is 5.96 Å². The van der Waals surface area contributed by atoms with Crippen LogP contribution in [0.5, 0.6) is 0 Å². The number of aliphatic imine (C=N–C) groups is 1. The van der Waals surface area contributed by atoms with Crippen LogP contribution in [-0.2, 0) is 19.6 Å². The molecule has 0 spiro atoms. The Morgan fingerprint density at radius 3 is 2.43 bits per heavy atom. The molecule has 1 N–H and O–H groups in total. The number of aromatic nitrogens is 3. The summed E-state index contributed by atoms with van der Waals surface area (Å²) >= 11 is 0. The molecule has 1 aromatic heterocycles. The van der Waals surface area contributed by atoms with Crippen molar-refractivity contribution in [3.63, 3.8) is 0 Å². The van der Waals surface area contributed by atoms with E-state index in [1.54, 1.807) is 12.7 Å². The number of hydrogen-bond donors (Lipinski definition) is 1. The molecule has 7 nitrogen and oxygen atoms in total. The maximum Gasteiger partial charge on any atom is 0.194 e. The Labute approximate surface area is 178 Å². The Morgan fingerprint density at radius 1 is 0.933 bits per heavy atom. The lowest BCUT2D eigenvalue weighted by molar-refractivity contribution is 0.172. The first-order chi connectivity index (χ1) is 14.8. The minimum atomic E-state index is 0.728. The van der Waals surface area contributed by atoms with E-state index < -0.39 is 0 Å². The molecule has 4 rings (SSSR count). The van der Waals surface area contributed by atoms with Crippen molar-refractivity contribution in [2.24, 2.45) is 4.99 Å². The predicted molar refractivity (Wildman–Crippen MR) is 119 cm³/mol. The van der Waals surface area contributed by atoms with Gasteiger partial charge >= 0.3 is 0 Å². The van der Waals surface area contributed by atoms with Gasteiger partial charge in [-0.05, 0) is 16.7 Å². The standard InChI is InChI=1S/C23H29N7/c1-24-23(29-12-10-28(11-13-29)16-20-6-3-2-4-7-20)26-15-21-8-5-9-22(14-21)17-30-19-25-18-27-30/h2-9,14,18-19H,10-13,15-17H2,1H3,(H,24,26). The topological polar surface area (TPSA) is 61.6 Å². The summed E-state index contributed by atoms with van der Waals surface area (Å²) in [5.74, 6) is 0.969. The zero-order valence-corrected chi connectivity index (χ0v) is 17.5. The van der Waals surface area contributed by atoms with Gasteiger partial charge in [0.25, 0.3) is 0 Å². The molecule has 0 aliphatic carbocycles. The lowest BCUT2D eigenvalue weighted by Gasteiger charge is -2.36. The summed E-state index contributed by atoms with van der Waals surface area (Å²) in [6.45, 7) is 6.55. The fraction of sp³-hybridized carbons (Fsp3) is 0.348. The summed E-state index contributed by atoms with van der Waals surface area (Å²) in [4.78, 5) is 13.4. The monoisotopic (exact) mass is 403 g/mol. The largest absolute Gasteiger partial charge is 0.352 e. The third kappa shape index (κ3) is 5.45. The molecule has 0 amide bonds. The SMILES string of the molecule is CN=C(NCc1cccc(Cn2cncn2)c1)N1CCN(Cc2ccccc2)CC1. The van der Waals surface area contributed by atoms with Crippen LogP contribution in [0.4, 0.5) is 0 Å². The second-order valence-corrected chi connectivity index (χ2v) is 7.56. The molecule has 2 heterocycles. The molecule has 1 aliphatic heterocycles. The van der Waals surface area contributed by atoms with Crippen LogP contribution in [-0.4, -0.2) is 63.8 Å². The Morgan fingerprint density at radius 2 is 1.70 bits per heavy atom. The van der Waals surface area contributed by atoms with E-state index in [4.69, 9.17) is 0 Å². The zero-order chi connectivity index (χ0) is 20.6.